The molecule has 1 aromatic carbocycles. The third kappa shape index (κ3) is 8.35. The molecule has 248 valence electrons. The van der Waals surface area contributed by atoms with E-state index in [4.69, 9.17) is 27.0 Å². The summed E-state index contributed by atoms with van der Waals surface area (Å²) < 4.78 is 51.8. The van der Waals surface area contributed by atoms with Crippen molar-refractivity contribution in [2.75, 3.05) is 44.4 Å². The molecule has 0 aromatic heterocycles. The number of rotatable bonds is 13. The monoisotopic (exact) mass is 650 g/mol. The summed E-state index contributed by atoms with van der Waals surface area (Å²) in [6.07, 6.45) is 3.29. The second-order valence-electron chi connectivity index (χ2n) is 13.7. The number of hydrogen-bond donors (Lipinski definition) is 1. The summed E-state index contributed by atoms with van der Waals surface area (Å²) in [5, 5.41) is 12.1. The maximum absolute atomic E-state index is 13.5. The van der Waals surface area contributed by atoms with Gasteiger partial charge in [-0.25, -0.2) is 0 Å². The lowest BCUT2D eigenvalue weighted by Crippen LogP contribution is -2.45. The minimum absolute atomic E-state index is 0.0474. The molecule has 3 fully saturated rings. The molecule has 8 nitrogen and oxygen atoms in total. The number of fused-ring (bicyclic) bond motifs is 2. The molecule has 2 unspecified atom stereocenters. The molecule has 0 radical (unpaired) electrons. The highest BCUT2D eigenvalue weighted by Crippen LogP contribution is 2.52. The zero-order chi connectivity index (χ0) is 33.0. The van der Waals surface area contributed by atoms with Gasteiger partial charge in [0.05, 0.1) is 49.3 Å². The van der Waals surface area contributed by atoms with Crippen molar-refractivity contribution in [1.29, 1.82) is 5.26 Å². The first-order chi connectivity index (χ1) is 21.2. The molecule has 1 aliphatic heterocycles. The van der Waals surface area contributed by atoms with Crippen LogP contribution in [0.15, 0.2) is 18.2 Å². The molecule has 2 atom stereocenters. The molecule has 1 aromatic rings. The second-order valence-corrected chi connectivity index (χ2v) is 14.0. The van der Waals surface area contributed by atoms with Gasteiger partial charge in [0, 0.05) is 19.5 Å². The van der Waals surface area contributed by atoms with Crippen LogP contribution in [0.2, 0.25) is 0 Å². The van der Waals surface area contributed by atoms with Gasteiger partial charge in [0.15, 0.2) is 5.11 Å². The predicted molar refractivity (Wildman–Crippen MR) is 168 cm³/mol. The Bertz CT molecular complexity index is 1280. The molecule has 2 bridgehead atoms. The molecule has 4 rings (SSSR count). The first kappa shape index (κ1) is 35.1. The van der Waals surface area contributed by atoms with E-state index in [2.05, 4.69) is 19.2 Å². The highest BCUT2D eigenvalue weighted by atomic mass is 32.1. The molecule has 12 heteroatoms. The van der Waals surface area contributed by atoms with Crippen molar-refractivity contribution in [1.82, 2.24) is 10.2 Å². The molecule has 1 heterocycles. The zero-order valence-electron chi connectivity index (χ0n) is 26.7. The number of alkyl halides is 3. The summed E-state index contributed by atoms with van der Waals surface area (Å²) in [5.41, 5.74) is -2.73. The Morgan fingerprint density at radius 2 is 1.73 bits per heavy atom. The molecule has 2 amide bonds. The molecule has 3 aliphatic rings. The Balaban J connectivity index is 1.15. The number of hydrogen-bond acceptors (Lipinski definition) is 6. The van der Waals surface area contributed by atoms with E-state index in [9.17, 15) is 22.8 Å². The minimum atomic E-state index is -4.76. The predicted octanol–water partition coefficient (Wildman–Crippen LogP) is 6.07. The second kappa shape index (κ2) is 14.3. The van der Waals surface area contributed by atoms with E-state index >= 15 is 0 Å². The van der Waals surface area contributed by atoms with Gasteiger partial charge < -0.3 is 19.7 Å². The number of benzene rings is 1. The zero-order valence-corrected chi connectivity index (χ0v) is 27.5. The van der Waals surface area contributed by atoms with Crippen LogP contribution in [0.3, 0.4) is 0 Å². The van der Waals surface area contributed by atoms with Gasteiger partial charge in [-0.15, -0.1) is 0 Å². The van der Waals surface area contributed by atoms with Crippen molar-refractivity contribution in [3.8, 4) is 6.07 Å². The maximum atomic E-state index is 13.5. The van der Waals surface area contributed by atoms with Crippen LogP contribution in [-0.2, 0) is 25.2 Å². The SMILES string of the molecule is CCC1CC2CC(C1)CC(C)(CC(=O)NCCOCCOCCN1C(=S)N(c3ccc(C#N)c(C(F)(F)F)c3)C(=O)C1(C)C)C2. The lowest BCUT2D eigenvalue weighted by molar-refractivity contribution is -0.137. The van der Waals surface area contributed by atoms with Gasteiger partial charge in [-0.1, -0.05) is 20.3 Å². The van der Waals surface area contributed by atoms with Crippen LogP contribution < -0.4 is 10.2 Å². The fraction of sp³-hybridized carbons (Fsp3) is 0.697. The minimum Gasteiger partial charge on any atom is -0.377 e. The Kier molecular flexibility index (Phi) is 11.2. The van der Waals surface area contributed by atoms with Crippen LogP contribution in [0.5, 0.6) is 0 Å². The quantitative estimate of drug-likeness (QED) is 0.205. The van der Waals surface area contributed by atoms with Crippen molar-refractivity contribution in [2.24, 2.45) is 23.2 Å². The van der Waals surface area contributed by atoms with Crippen LogP contribution in [0.25, 0.3) is 0 Å². The van der Waals surface area contributed by atoms with Crippen LogP contribution in [0, 0.1) is 34.5 Å². The Labute approximate surface area is 269 Å². The Hall–Kier alpha value is -2.75. The normalized spacial score (nSPS) is 26.2. The van der Waals surface area contributed by atoms with E-state index in [1.54, 1.807) is 24.8 Å². The number of nitrogens with one attached hydrogen (secondary N) is 1. The summed E-state index contributed by atoms with van der Waals surface area (Å²) in [6, 6.07) is 4.65. The van der Waals surface area contributed by atoms with Gasteiger partial charge >= 0.3 is 6.18 Å². The number of nitrogens with zero attached hydrogens (tertiary/aromatic N) is 3. The van der Waals surface area contributed by atoms with E-state index in [0.29, 0.717) is 26.2 Å². The molecule has 1 N–H and O–H groups in total. The highest BCUT2D eigenvalue weighted by Gasteiger charge is 2.50. The smallest absolute Gasteiger partial charge is 0.377 e. The Morgan fingerprint density at radius 1 is 1.09 bits per heavy atom. The molecule has 45 heavy (non-hydrogen) atoms. The number of carbonyl (C=O) groups excluding carboxylic acids is 2. The molecular weight excluding hydrogens is 605 g/mol. The van der Waals surface area contributed by atoms with Gasteiger partial charge in [-0.2, -0.15) is 18.4 Å². The number of ether oxygens (including phenoxy) is 2. The lowest BCUT2D eigenvalue weighted by Gasteiger charge is -2.47. The number of amides is 2. The van der Waals surface area contributed by atoms with Gasteiger partial charge in [0.25, 0.3) is 5.91 Å². The van der Waals surface area contributed by atoms with Gasteiger partial charge in [0.1, 0.15) is 5.54 Å². The average Bonchev–Trinajstić information content (AvgIpc) is 3.13. The van der Waals surface area contributed by atoms with Crippen molar-refractivity contribution in [2.45, 2.75) is 84.4 Å². The molecular formula is C33H45F3N4O4S. The van der Waals surface area contributed by atoms with E-state index in [0.717, 1.165) is 47.6 Å². The molecule has 0 spiro atoms. The van der Waals surface area contributed by atoms with Crippen LogP contribution in [-0.4, -0.2) is 66.9 Å². The fourth-order valence-corrected chi connectivity index (χ4v) is 8.13. The topological polar surface area (TPSA) is 94.9 Å². The summed E-state index contributed by atoms with van der Waals surface area (Å²) in [6.45, 7) is 9.72. The van der Waals surface area contributed by atoms with Gasteiger partial charge in [-0.05, 0) is 99.5 Å². The maximum Gasteiger partial charge on any atom is 0.417 e. The summed E-state index contributed by atoms with van der Waals surface area (Å²) in [7, 11) is 0. The third-order valence-electron chi connectivity index (χ3n) is 9.64. The number of carbonyl (C=O) groups is 2. The van der Waals surface area contributed by atoms with Gasteiger partial charge in [0.2, 0.25) is 5.91 Å². The van der Waals surface area contributed by atoms with Crippen molar-refractivity contribution < 1.29 is 32.2 Å². The first-order valence-electron chi connectivity index (χ1n) is 15.9. The summed E-state index contributed by atoms with van der Waals surface area (Å²) >= 11 is 5.50. The number of halogens is 3. The van der Waals surface area contributed by atoms with Crippen molar-refractivity contribution in [3.63, 3.8) is 0 Å². The van der Waals surface area contributed by atoms with E-state index in [-0.39, 0.29) is 41.9 Å². The number of anilines is 1. The van der Waals surface area contributed by atoms with Crippen molar-refractivity contribution >= 4 is 34.8 Å². The van der Waals surface area contributed by atoms with E-state index in [1.807, 2.05) is 0 Å². The summed E-state index contributed by atoms with van der Waals surface area (Å²) in [5.74, 6) is 1.97. The fourth-order valence-electron chi connectivity index (χ4n) is 7.62. The van der Waals surface area contributed by atoms with Crippen molar-refractivity contribution in [3.05, 3.63) is 29.3 Å². The first-order valence-corrected chi connectivity index (χ1v) is 16.3. The average molecular weight is 651 g/mol. The van der Waals surface area contributed by atoms with E-state index in [1.165, 1.54) is 31.7 Å². The van der Waals surface area contributed by atoms with E-state index < -0.39 is 28.7 Å². The molecule has 1 saturated heterocycles. The molecule has 2 aliphatic carbocycles. The van der Waals surface area contributed by atoms with Crippen LogP contribution in [0.4, 0.5) is 18.9 Å². The highest BCUT2D eigenvalue weighted by molar-refractivity contribution is 7.80. The number of thiocarbonyl (C=S) groups is 1. The number of nitriles is 1. The standard InChI is InChI=1S/C33H45F3N4O4S/c1-5-22-14-23-16-24(15-22)19-32(4,18-23)20-28(41)38-8-10-43-12-13-44-11-9-39-30(45)40(29(42)31(39,2)3)26-7-6-25(21-37)27(17-26)33(34,35)36/h6-7,17,22-24H,5,8-16,18-20H2,1-4H3,(H,38,41). The lowest BCUT2D eigenvalue weighted by atomic mass is 9.58. The summed E-state index contributed by atoms with van der Waals surface area (Å²) in [4.78, 5) is 28.6. The van der Waals surface area contributed by atoms with Crippen LogP contribution >= 0.6 is 12.2 Å². The third-order valence-corrected chi connectivity index (χ3v) is 10.0. The molecule has 2 saturated carbocycles. The largest absolute Gasteiger partial charge is 0.417 e. The Morgan fingerprint density at radius 3 is 2.33 bits per heavy atom. The van der Waals surface area contributed by atoms with Gasteiger partial charge in [-0.3, -0.25) is 14.5 Å². The van der Waals surface area contributed by atoms with Crippen LogP contribution in [0.1, 0.15) is 83.8 Å².